The number of hydrogen-bond donors (Lipinski definition) is 1. The Balaban J connectivity index is 1.79. The Morgan fingerprint density at radius 3 is 2.27 bits per heavy atom. The number of ether oxygens (including phenoxy) is 1. The summed E-state index contributed by atoms with van der Waals surface area (Å²) < 4.78 is 18.5. The molecule has 3 aromatic carbocycles. The van der Waals surface area contributed by atoms with Crippen LogP contribution in [0.15, 0.2) is 82.9 Å². The van der Waals surface area contributed by atoms with E-state index < -0.39 is 0 Å². The average Bonchev–Trinajstić information content (AvgIpc) is 2.88. The molecule has 5 heteroatoms. The lowest BCUT2D eigenvalue weighted by molar-refractivity contribution is 0.415. The molecular formula is C21H16FN3O. The summed E-state index contributed by atoms with van der Waals surface area (Å²) in [5.74, 6) is 1.13. The summed E-state index contributed by atoms with van der Waals surface area (Å²) in [5, 5.41) is 4.55. The van der Waals surface area contributed by atoms with Gasteiger partial charge in [0, 0.05) is 16.7 Å². The van der Waals surface area contributed by atoms with E-state index in [4.69, 9.17) is 9.73 Å². The Morgan fingerprint density at radius 1 is 0.846 bits per heavy atom. The van der Waals surface area contributed by atoms with Crippen LogP contribution in [-0.2, 0) is 0 Å². The topological polar surface area (TPSA) is 46.0 Å². The second-order valence-electron chi connectivity index (χ2n) is 5.79. The number of para-hydroxylation sites is 1. The van der Waals surface area contributed by atoms with Gasteiger partial charge in [0.25, 0.3) is 0 Å². The van der Waals surface area contributed by atoms with Crippen molar-refractivity contribution in [3.63, 3.8) is 0 Å². The Hall–Kier alpha value is -3.47. The number of halogens is 1. The third-order valence-electron chi connectivity index (χ3n) is 4.15. The maximum Gasteiger partial charge on any atom is 0.154 e. The minimum atomic E-state index is -0.278. The van der Waals surface area contributed by atoms with Gasteiger partial charge >= 0.3 is 0 Å². The van der Waals surface area contributed by atoms with Crippen LogP contribution in [0.5, 0.6) is 5.75 Å². The maximum absolute atomic E-state index is 13.3. The van der Waals surface area contributed by atoms with Crippen molar-refractivity contribution < 1.29 is 9.13 Å². The lowest BCUT2D eigenvalue weighted by Gasteiger charge is -2.07. The van der Waals surface area contributed by atoms with Crippen molar-refractivity contribution in [3.8, 4) is 5.75 Å². The van der Waals surface area contributed by atoms with E-state index in [0.717, 1.165) is 28.1 Å². The Bertz CT molecular complexity index is 993. The van der Waals surface area contributed by atoms with E-state index in [-0.39, 0.29) is 5.82 Å². The molecule has 1 aliphatic heterocycles. The van der Waals surface area contributed by atoms with Gasteiger partial charge in [0.15, 0.2) is 5.84 Å². The molecule has 0 amide bonds. The molecular weight excluding hydrogens is 329 g/mol. The van der Waals surface area contributed by atoms with E-state index in [1.807, 2.05) is 48.5 Å². The van der Waals surface area contributed by atoms with Crippen LogP contribution in [-0.4, -0.2) is 18.7 Å². The molecule has 4 nitrogen and oxygen atoms in total. The zero-order valence-electron chi connectivity index (χ0n) is 14.1. The molecule has 3 aromatic rings. The molecule has 26 heavy (non-hydrogen) atoms. The van der Waals surface area contributed by atoms with Crippen LogP contribution in [0.2, 0.25) is 0 Å². The van der Waals surface area contributed by atoms with Gasteiger partial charge < -0.3 is 4.74 Å². The summed E-state index contributed by atoms with van der Waals surface area (Å²) in [6.07, 6.45) is 0. The summed E-state index contributed by atoms with van der Waals surface area (Å²) in [4.78, 5) is 4.73. The Kier molecular flexibility index (Phi) is 4.19. The molecule has 0 aliphatic carbocycles. The highest BCUT2D eigenvalue weighted by molar-refractivity contribution is 6.17. The molecule has 0 spiro atoms. The summed E-state index contributed by atoms with van der Waals surface area (Å²) >= 11 is 0. The maximum atomic E-state index is 13.3. The highest BCUT2D eigenvalue weighted by Gasteiger charge is 2.16. The molecule has 0 bridgehead atoms. The van der Waals surface area contributed by atoms with Crippen LogP contribution in [0.3, 0.4) is 0 Å². The summed E-state index contributed by atoms with van der Waals surface area (Å²) in [5.41, 5.74) is 7.16. The second-order valence-corrected chi connectivity index (χ2v) is 5.79. The van der Waals surface area contributed by atoms with E-state index in [2.05, 4.69) is 10.5 Å². The van der Waals surface area contributed by atoms with Gasteiger partial charge in [0.05, 0.1) is 18.5 Å². The van der Waals surface area contributed by atoms with Crippen LogP contribution in [0.25, 0.3) is 0 Å². The van der Waals surface area contributed by atoms with Crippen LogP contribution >= 0.6 is 0 Å². The minimum absolute atomic E-state index is 0.278. The SMILES string of the molecule is COc1ccc(C2=Nc3ccccc3C(c3ccc(F)cc3)=NN2)cc1. The van der Waals surface area contributed by atoms with Gasteiger partial charge in [-0.05, 0) is 54.6 Å². The molecule has 128 valence electrons. The number of fused-ring (bicyclic) bond motifs is 1. The lowest BCUT2D eigenvalue weighted by Crippen LogP contribution is -2.19. The van der Waals surface area contributed by atoms with Crippen LogP contribution in [0.1, 0.15) is 16.7 Å². The molecule has 0 saturated carbocycles. The Labute approximate surface area is 150 Å². The first-order valence-corrected chi connectivity index (χ1v) is 8.17. The number of hydrazone groups is 1. The van der Waals surface area contributed by atoms with E-state index in [1.165, 1.54) is 12.1 Å². The highest BCUT2D eigenvalue weighted by atomic mass is 19.1. The van der Waals surface area contributed by atoms with Crippen molar-refractivity contribution in [2.75, 3.05) is 7.11 Å². The third kappa shape index (κ3) is 3.07. The smallest absolute Gasteiger partial charge is 0.154 e. The summed E-state index contributed by atoms with van der Waals surface area (Å²) in [6.45, 7) is 0. The number of aliphatic imine (C=N–C) groups is 1. The molecule has 1 aliphatic rings. The number of methoxy groups -OCH3 is 1. The first-order valence-electron chi connectivity index (χ1n) is 8.17. The molecule has 0 atom stereocenters. The van der Waals surface area contributed by atoms with Crippen molar-refractivity contribution in [3.05, 3.63) is 95.3 Å². The van der Waals surface area contributed by atoms with E-state index in [0.29, 0.717) is 11.5 Å². The van der Waals surface area contributed by atoms with Gasteiger partial charge in [-0.3, -0.25) is 5.43 Å². The minimum Gasteiger partial charge on any atom is -0.497 e. The number of rotatable bonds is 3. The highest BCUT2D eigenvalue weighted by Crippen LogP contribution is 2.26. The largest absolute Gasteiger partial charge is 0.497 e. The fraction of sp³-hybridized carbons (Fsp3) is 0.0476. The van der Waals surface area contributed by atoms with Gasteiger partial charge in [-0.15, -0.1) is 0 Å². The quantitative estimate of drug-likeness (QED) is 0.771. The monoisotopic (exact) mass is 345 g/mol. The molecule has 1 heterocycles. The van der Waals surface area contributed by atoms with Crippen molar-refractivity contribution in [2.45, 2.75) is 0 Å². The predicted molar refractivity (Wildman–Crippen MR) is 101 cm³/mol. The number of hydrogen-bond acceptors (Lipinski definition) is 4. The lowest BCUT2D eigenvalue weighted by atomic mass is 10.0. The Morgan fingerprint density at radius 2 is 1.54 bits per heavy atom. The van der Waals surface area contributed by atoms with Crippen molar-refractivity contribution in [1.29, 1.82) is 0 Å². The number of nitrogens with zero attached hydrogens (tertiary/aromatic N) is 2. The van der Waals surface area contributed by atoms with Gasteiger partial charge in [-0.2, -0.15) is 5.10 Å². The van der Waals surface area contributed by atoms with Crippen molar-refractivity contribution in [1.82, 2.24) is 5.43 Å². The zero-order chi connectivity index (χ0) is 17.9. The molecule has 0 unspecified atom stereocenters. The molecule has 0 saturated heterocycles. The van der Waals surface area contributed by atoms with Gasteiger partial charge in [-0.1, -0.05) is 18.2 Å². The van der Waals surface area contributed by atoms with Crippen LogP contribution < -0.4 is 10.2 Å². The molecule has 4 rings (SSSR count). The fourth-order valence-corrected chi connectivity index (χ4v) is 2.79. The second kappa shape index (κ2) is 6.80. The first-order chi connectivity index (χ1) is 12.7. The number of nitrogens with one attached hydrogen (secondary N) is 1. The number of amidine groups is 1. The summed E-state index contributed by atoms with van der Waals surface area (Å²) in [7, 11) is 1.63. The average molecular weight is 345 g/mol. The van der Waals surface area contributed by atoms with Gasteiger partial charge in [0.1, 0.15) is 11.6 Å². The van der Waals surface area contributed by atoms with Gasteiger partial charge in [-0.25, -0.2) is 9.38 Å². The summed E-state index contributed by atoms with van der Waals surface area (Å²) in [6, 6.07) is 21.6. The van der Waals surface area contributed by atoms with Crippen LogP contribution in [0.4, 0.5) is 10.1 Å². The zero-order valence-corrected chi connectivity index (χ0v) is 14.1. The van der Waals surface area contributed by atoms with E-state index >= 15 is 0 Å². The third-order valence-corrected chi connectivity index (χ3v) is 4.15. The molecule has 1 N–H and O–H groups in total. The van der Waals surface area contributed by atoms with E-state index in [1.54, 1.807) is 19.2 Å². The molecule has 0 fully saturated rings. The first kappa shape index (κ1) is 16.0. The van der Waals surface area contributed by atoms with Gasteiger partial charge in [0.2, 0.25) is 0 Å². The molecule has 0 aromatic heterocycles. The fourth-order valence-electron chi connectivity index (χ4n) is 2.79. The van der Waals surface area contributed by atoms with Crippen molar-refractivity contribution >= 4 is 17.2 Å². The number of benzene rings is 3. The van der Waals surface area contributed by atoms with Crippen LogP contribution in [0, 0.1) is 5.82 Å². The predicted octanol–water partition coefficient (Wildman–Crippen LogP) is 4.27. The standard InChI is InChI=1S/C21H16FN3O/c1-26-17-12-8-15(9-13-17)21-23-19-5-3-2-4-18(19)20(24-25-21)14-6-10-16(22)11-7-14/h2-13H,1H3,(H,23,25). The van der Waals surface area contributed by atoms with Crippen molar-refractivity contribution in [2.24, 2.45) is 10.1 Å². The van der Waals surface area contributed by atoms with E-state index in [9.17, 15) is 4.39 Å². The molecule has 0 radical (unpaired) electrons. The normalized spacial score (nSPS) is 13.0.